The fourth-order valence-electron chi connectivity index (χ4n) is 3.67. The molecule has 2 heterocycles. The van der Waals surface area contributed by atoms with Gasteiger partial charge in [-0.2, -0.15) is 23.5 Å². The van der Waals surface area contributed by atoms with Gasteiger partial charge in [-0.1, -0.05) is 29.8 Å². The van der Waals surface area contributed by atoms with Gasteiger partial charge in [0.1, 0.15) is 10.7 Å². The van der Waals surface area contributed by atoms with Crippen LogP contribution in [-0.4, -0.2) is 33.9 Å². The average Bonchev–Trinajstić information content (AvgIpc) is 3.33. The third-order valence-corrected chi connectivity index (χ3v) is 8.48. The first-order chi connectivity index (χ1) is 15.1. The number of amides is 1. The zero-order valence-corrected chi connectivity index (χ0v) is 20.1. The number of rotatable bonds is 10. The van der Waals surface area contributed by atoms with E-state index in [2.05, 4.69) is 46.5 Å². The van der Waals surface area contributed by atoms with E-state index in [1.54, 1.807) is 23.1 Å². The Hall–Kier alpha value is -1.77. The molecule has 164 valence electrons. The number of nitrogens with zero attached hydrogens (tertiary/aromatic N) is 1. The second-order valence-electron chi connectivity index (χ2n) is 7.74. The topological polar surface area (TPSA) is 74.8 Å². The molecule has 2 N–H and O–H groups in total. The van der Waals surface area contributed by atoms with E-state index in [9.17, 15) is 9.59 Å². The maximum Gasteiger partial charge on any atom is 0.259 e. The molecule has 0 saturated heterocycles. The number of aromatic amines is 1. The lowest BCUT2D eigenvalue weighted by molar-refractivity contribution is -0.120. The Labute approximate surface area is 194 Å². The third-order valence-electron chi connectivity index (χ3n) is 5.29. The lowest BCUT2D eigenvalue weighted by Crippen LogP contribution is -2.26. The molecule has 8 heteroatoms. The van der Waals surface area contributed by atoms with Crippen molar-refractivity contribution in [3.8, 4) is 0 Å². The molecule has 0 bridgehead atoms. The molecular formula is C23H27N3O2S3. The molecule has 0 unspecified atom stereocenters. The normalized spacial score (nSPS) is 12.9. The minimum Gasteiger partial charge on any atom is -0.355 e. The van der Waals surface area contributed by atoms with Gasteiger partial charge in [0.25, 0.3) is 5.56 Å². The van der Waals surface area contributed by atoms with Crippen LogP contribution in [0.4, 0.5) is 0 Å². The SMILES string of the molecule is Cc1ccc(CSCCNC(=O)CCSCc2nc3sc4c(c3c(=O)[nH]2)CCC4)cc1. The van der Waals surface area contributed by atoms with E-state index < -0.39 is 0 Å². The average molecular weight is 474 g/mol. The number of carbonyl (C=O) groups excluding carboxylic acids is 1. The molecule has 1 aliphatic rings. The number of hydrogen-bond donors (Lipinski definition) is 2. The number of H-pyrrole nitrogens is 1. The van der Waals surface area contributed by atoms with Crippen molar-refractivity contribution in [1.82, 2.24) is 15.3 Å². The van der Waals surface area contributed by atoms with Crippen molar-refractivity contribution in [2.45, 2.75) is 44.1 Å². The first kappa shape index (κ1) is 22.4. The molecule has 5 nitrogen and oxygen atoms in total. The smallest absolute Gasteiger partial charge is 0.259 e. The summed E-state index contributed by atoms with van der Waals surface area (Å²) in [6.45, 7) is 2.78. The maximum atomic E-state index is 12.5. The van der Waals surface area contributed by atoms with Crippen LogP contribution in [0, 0.1) is 6.92 Å². The Morgan fingerprint density at radius 2 is 1.97 bits per heavy atom. The Bertz CT molecular complexity index is 1110. The lowest BCUT2D eigenvalue weighted by Gasteiger charge is -2.06. The number of nitrogens with one attached hydrogen (secondary N) is 2. The highest BCUT2D eigenvalue weighted by Gasteiger charge is 2.21. The van der Waals surface area contributed by atoms with Gasteiger partial charge >= 0.3 is 0 Å². The van der Waals surface area contributed by atoms with E-state index in [4.69, 9.17) is 0 Å². The van der Waals surface area contributed by atoms with Gasteiger partial charge in [-0.05, 0) is 37.3 Å². The van der Waals surface area contributed by atoms with Crippen molar-refractivity contribution in [3.05, 3.63) is 62.0 Å². The third kappa shape index (κ3) is 5.93. The number of carbonyl (C=O) groups is 1. The van der Waals surface area contributed by atoms with Crippen molar-refractivity contribution >= 4 is 51.0 Å². The van der Waals surface area contributed by atoms with Crippen molar-refractivity contribution in [2.75, 3.05) is 18.1 Å². The summed E-state index contributed by atoms with van der Waals surface area (Å²) in [6.07, 6.45) is 3.68. The monoisotopic (exact) mass is 473 g/mol. The molecule has 1 aliphatic carbocycles. The van der Waals surface area contributed by atoms with Crippen LogP contribution in [0.5, 0.6) is 0 Å². The predicted octanol–water partition coefficient (Wildman–Crippen LogP) is 4.45. The first-order valence-corrected chi connectivity index (χ1v) is 13.7. The molecule has 0 fully saturated rings. The first-order valence-electron chi connectivity index (χ1n) is 10.6. The largest absolute Gasteiger partial charge is 0.355 e. The summed E-state index contributed by atoms with van der Waals surface area (Å²) in [5.74, 6) is 3.99. The molecule has 1 aromatic carbocycles. The number of fused-ring (bicyclic) bond motifs is 3. The summed E-state index contributed by atoms with van der Waals surface area (Å²) in [6, 6.07) is 8.57. The van der Waals surface area contributed by atoms with Gasteiger partial charge < -0.3 is 10.3 Å². The Kier molecular flexibility index (Phi) is 7.74. The molecular weight excluding hydrogens is 446 g/mol. The van der Waals surface area contributed by atoms with Crippen molar-refractivity contribution in [2.24, 2.45) is 0 Å². The van der Waals surface area contributed by atoms with Crippen molar-refractivity contribution < 1.29 is 4.79 Å². The number of aromatic nitrogens is 2. The zero-order valence-electron chi connectivity index (χ0n) is 17.7. The van der Waals surface area contributed by atoms with Gasteiger partial charge in [0.15, 0.2) is 0 Å². The van der Waals surface area contributed by atoms with Crippen LogP contribution >= 0.6 is 34.9 Å². The van der Waals surface area contributed by atoms with Crippen molar-refractivity contribution in [1.29, 1.82) is 0 Å². The van der Waals surface area contributed by atoms with E-state index in [0.717, 1.165) is 41.0 Å². The van der Waals surface area contributed by atoms with Gasteiger partial charge in [0.2, 0.25) is 5.91 Å². The van der Waals surface area contributed by atoms with Gasteiger partial charge in [-0.15, -0.1) is 11.3 Å². The second kappa shape index (κ2) is 10.7. The van der Waals surface area contributed by atoms with Crippen LogP contribution in [-0.2, 0) is 29.1 Å². The molecule has 31 heavy (non-hydrogen) atoms. The van der Waals surface area contributed by atoms with Crippen LogP contribution in [0.2, 0.25) is 0 Å². The summed E-state index contributed by atoms with van der Waals surface area (Å²) < 4.78 is 0. The number of thiophene rings is 1. The predicted molar refractivity (Wildman–Crippen MR) is 133 cm³/mol. The molecule has 2 aromatic heterocycles. The summed E-state index contributed by atoms with van der Waals surface area (Å²) >= 11 is 5.12. The molecule has 3 aromatic rings. The minimum atomic E-state index is -0.0131. The quantitative estimate of drug-likeness (QED) is 0.426. The van der Waals surface area contributed by atoms with Crippen LogP contribution < -0.4 is 10.9 Å². The van der Waals surface area contributed by atoms with Crippen LogP contribution in [0.3, 0.4) is 0 Å². The molecule has 0 radical (unpaired) electrons. The van der Waals surface area contributed by atoms with Gasteiger partial charge in [0.05, 0.1) is 11.1 Å². The van der Waals surface area contributed by atoms with E-state index in [1.165, 1.54) is 21.6 Å². The summed E-state index contributed by atoms with van der Waals surface area (Å²) in [7, 11) is 0. The number of aryl methyl sites for hydroxylation is 3. The molecule has 0 saturated carbocycles. The Morgan fingerprint density at radius 3 is 2.81 bits per heavy atom. The zero-order chi connectivity index (χ0) is 21.6. The number of thioether (sulfide) groups is 2. The summed E-state index contributed by atoms with van der Waals surface area (Å²) in [4.78, 5) is 34.3. The second-order valence-corrected chi connectivity index (χ2v) is 11.0. The van der Waals surface area contributed by atoms with Crippen LogP contribution in [0.25, 0.3) is 10.2 Å². The van der Waals surface area contributed by atoms with E-state index in [1.807, 2.05) is 11.8 Å². The van der Waals surface area contributed by atoms with E-state index in [-0.39, 0.29) is 11.5 Å². The van der Waals surface area contributed by atoms with Crippen LogP contribution in [0.1, 0.15) is 40.2 Å². The fourth-order valence-corrected chi connectivity index (χ4v) is 6.58. The van der Waals surface area contributed by atoms with E-state index in [0.29, 0.717) is 30.3 Å². The van der Waals surface area contributed by atoms with Crippen LogP contribution in [0.15, 0.2) is 29.1 Å². The summed E-state index contributed by atoms with van der Waals surface area (Å²) in [5.41, 5.74) is 3.79. The Morgan fingerprint density at radius 1 is 1.16 bits per heavy atom. The molecule has 1 amide bonds. The highest BCUT2D eigenvalue weighted by Crippen LogP contribution is 2.34. The molecule has 0 spiro atoms. The standard InChI is InChI=1S/C23H27N3O2S3/c1-15-5-7-16(8-6-15)13-30-12-10-24-20(27)9-11-29-14-19-25-22(28)21-17-3-2-4-18(17)31-23(21)26-19/h5-8H,2-4,9-14H2,1H3,(H,24,27)(H,25,26,28). The summed E-state index contributed by atoms with van der Waals surface area (Å²) in [5, 5.41) is 3.78. The highest BCUT2D eigenvalue weighted by molar-refractivity contribution is 7.98. The number of hydrogen-bond acceptors (Lipinski definition) is 6. The number of benzene rings is 1. The Balaban J connectivity index is 1.13. The molecule has 0 aliphatic heterocycles. The lowest BCUT2D eigenvalue weighted by atomic mass is 10.2. The van der Waals surface area contributed by atoms with Gasteiger partial charge in [-0.25, -0.2) is 4.98 Å². The van der Waals surface area contributed by atoms with Gasteiger partial charge in [-0.3, -0.25) is 9.59 Å². The van der Waals surface area contributed by atoms with Gasteiger partial charge in [0, 0.05) is 35.1 Å². The maximum absolute atomic E-state index is 12.5. The molecule has 0 atom stereocenters. The van der Waals surface area contributed by atoms with E-state index >= 15 is 0 Å². The molecule has 4 rings (SSSR count). The fraction of sp³-hybridized carbons (Fsp3) is 0.435. The highest BCUT2D eigenvalue weighted by atomic mass is 32.2. The van der Waals surface area contributed by atoms with Crippen molar-refractivity contribution in [3.63, 3.8) is 0 Å². The minimum absolute atomic E-state index is 0.0131.